The number of hydrogen-bond acceptors (Lipinski definition) is 4. The normalized spacial score (nSPS) is 10.0. The number of nitrogens with zero attached hydrogens (tertiary/aromatic N) is 1. The Labute approximate surface area is 66.7 Å². The number of halogens is 1. The van der Waals surface area contributed by atoms with E-state index in [1.165, 1.54) is 0 Å². The predicted molar refractivity (Wildman–Crippen MR) is 36.4 cm³/mol. The first kappa shape index (κ1) is 8.03. The van der Waals surface area contributed by atoms with Crippen molar-refractivity contribution >= 4 is 17.6 Å². The number of aromatic nitrogens is 1. The maximum absolute atomic E-state index is 10.4. The molecule has 0 aliphatic rings. The molecule has 0 atom stereocenters. The lowest BCUT2D eigenvalue weighted by molar-refractivity contribution is 0.0694. The molecule has 1 aromatic heterocycles. The van der Waals surface area contributed by atoms with E-state index in [2.05, 4.69) is 9.68 Å². The second-order valence-corrected chi connectivity index (χ2v) is 2.14. The maximum Gasteiger partial charge on any atom is 0.342 e. The van der Waals surface area contributed by atoms with Crippen molar-refractivity contribution in [1.29, 1.82) is 0 Å². The van der Waals surface area contributed by atoms with Crippen LogP contribution in [0, 0.1) is 0 Å². The lowest BCUT2D eigenvalue weighted by Gasteiger charge is -1.89. The van der Waals surface area contributed by atoms with Gasteiger partial charge in [-0.25, -0.2) is 4.79 Å². The molecule has 0 aliphatic heterocycles. The highest BCUT2D eigenvalue weighted by Gasteiger charge is 2.19. The molecule has 0 saturated heterocycles. The van der Waals surface area contributed by atoms with Crippen LogP contribution in [0.2, 0.25) is 5.15 Å². The number of carboxylic acid groups (broad SMARTS) is 1. The van der Waals surface area contributed by atoms with E-state index in [0.29, 0.717) is 0 Å². The summed E-state index contributed by atoms with van der Waals surface area (Å²) in [7, 11) is 0. The molecule has 11 heavy (non-hydrogen) atoms. The highest BCUT2D eigenvalue weighted by molar-refractivity contribution is 6.32. The number of hydrogen-bond donors (Lipinski definition) is 2. The lowest BCUT2D eigenvalue weighted by atomic mass is 10.3. The van der Waals surface area contributed by atoms with Gasteiger partial charge in [0.15, 0.2) is 10.9 Å². The first-order chi connectivity index (χ1) is 5.16. The number of carboxylic acids is 1. The Morgan fingerprint density at radius 3 is 2.82 bits per heavy atom. The molecular formula is C5H5ClN2O3. The van der Waals surface area contributed by atoms with Crippen LogP contribution in [0.4, 0.5) is 0 Å². The van der Waals surface area contributed by atoms with Crippen molar-refractivity contribution in [2.45, 2.75) is 6.54 Å². The zero-order valence-electron chi connectivity index (χ0n) is 5.37. The first-order valence-electron chi connectivity index (χ1n) is 2.74. The van der Waals surface area contributed by atoms with Crippen LogP contribution in [0.3, 0.4) is 0 Å². The van der Waals surface area contributed by atoms with Crippen molar-refractivity contribution in [1.82, 2.24) is 5.16 Å². The molecular weight excluding hydrogens is 172 g/mol. The number of nitrogens with two attached hydrogens (primary N) is 1. The van der Waals surface area contributed by atoms with Crippen LogP contribution in [-0.2, 0) is 6.54 Å². The quantitative estimate of drug-likeness (QED) is 0.684. The Bertz CT molecular complexity index is 283. The summed E-state index contributed by atoms with van der Waals surface area (Å²) < 4.78 is 4.52. The molecule has 1 heterocycles. The smallest absolute Gasteiger partial charge is 0.342 e. The fraction of sp³-hybridized carbons (Fsp3) is 0.200. The molecule has 0 spiro atoms. The summed E-state index contributed by atoms with van der Waals surface area (Å²) in [6.07, 6.45) is 0. The molecule has 5 nitrogen and oxygen atoms in total. The topological polar surface area (TPSA) is 89.4 Å². The summed E-state index contributed by atoms with van der Waals surface area (Å²) in [6, 6.07) is 0. The highest BCUT2D eigenvalue weighted by atomic mass is 35.5. The minimum Gasteiger partial charge on any atom is -0.477 e. The molecule has 0 aromatic carbocycles. The third-order valence-electron chi connectivity index (χ3n) is 1.12. The van der Waals surface area contributed by atoms with Gasteiger partial charge >= 0.3 is 5.97 Å². The van der Waals surface area contributed by atoms with Crippen LogP contribution in [0.25, 0.3) is 0 Å². The van der Waals surface area contributed by atoms with Crippen molar-refractivity contribution in [3.63, 3.8) is 0 Å². The zero-order chi connectivity index (χ0) is 8.43. The monoisotopic (exact) mass is 176 g/mol. The van der Waals surface area contributed by atoms with Gasteiger partial charge in [-0.05, 0) is 0 Å². The predicted octanol–water partition coefficient (Wildman–Crippen LogP) is 0.485. The second-order valence-electron chi connectivity index (χ2n) is 1.78. The Balaban J connectivity index is 3.17. The number of rotatable bonds is 2. The maximum atomic E-state index is 10.4. The van der Waals surface area contributed by atoms with Crippen LogP contribution < -0.4 is 5.73 Å². The van der Waals surface area contributed by atoms with E-state index < -0.39 is 5.97 Å². The van der Waals surface area contributed by atoms with Crippen molar-refractivity contribution < 1.29 is 14.4 Å². The second kappa shape index (κ2) is 2.89. The lowest BCUT2D eigenvalue weighted by Crippen LogP contribution is -2.03. The Hall–Kier alpha value is -1.07. The number of aromatic carboxylic acids is 1. The standard InChI is InChI=1S/C5H5ClN2O3/c6-4-3(5(9)10)2(1-7)11-8-4/h1,7H2,(H,9,10). The van der Waals surface area contributed by atoms with Crippen LogP contribution in [0.5, 0.6) is 0 Å². The van der Waals surface area contributed by atoms with Gasteiger partial charge in [0.25, 0.3) is 0 Å². The minimum absolute atomic E-state index is 0.0264. The summed E-state index contributed by atoms with van der Waals surface area (Å²) in [4.78, 5) is 10.4. The van der Waals surface area contributed by atoms with Gasteiger partial charge in [-0.15, -0.1) is 0 Å². The van der Waals surface area contributed by atoms with Gasteiger partial charge in [-0.1, -0.05) is 16.8 Å². The molecule has 0 unspecified atom stereocenters. The number of carbonyl (C=O) groups is 1. The fourth-order valence-corrected chi connectivity index (χ4v) is 0.869. The SMILES string of the molecule is NCc1onc(Cl)c1C(=O)O. The summed E-state index contributed by atoms with van der Waals surface area (Å²) in [6.45, 7) is -0.0264. The Kier molecular flexibility index (Phi) is 2.11. The average Bonchev–Trinajstić information content (AvgIpc) is 2.30. The van der Waals surface area contributed by atoms with E-state index in [1.54, 1.807) is 0 Å². The highest BCUT2D eigenvalue weighted by Crippen LogP contribution is 2.18. The third kappa shape index (κ3) is 1.33. The molecule has 0 bridgehead atoms. The molecule has 0 amide bonds. The Morgan fingerprint density at radius 1 is 1.82 bits per heavy atom. The van der Waals surface area contributed by atoms with Crippen molar-refractivity contribution in [3.8, 4) is 0 Å². The molecule has 0 fully saturated rings. The van der Waals surface area contributed by atoms with Gasteiger partial charge in [0, 0.05) is 0 Å². The van der Waals surface area contributed by atoms with E-state index in [0.717, 1.165) is 0 Å². The van der Waals surface area contributed by atoms with E-state index in [9.17, 15) is 4.79 Å². The summed E-state index contributed by atoms with van der Waals surface area (Å²) in [5, 5.41) is 11.6. The van der Waals surface area contributed by atoms with Crippen molar-refractivity contribution in [3.05, 3.63) is 16.5 Å². The molecule has 0 saturated carbocycles. The van der Waals surface area contributed by atoms with E-state index in [4.69, 9.17) is 22.4 Å². The van der Waals surface area contributed by atoms with Gasteiger partial charge in [-0.2, -0.15) is 0 Å². The largest absolute Gasteiger partial charge is 0.477 e. The molecule has 1 aromatic rings. The summed E-state index contributed by atoms with van der Waals surface area (Å²) >= 11 is 5.38. The van der Waals surface area contributed by atoms with Gasteiger partial charge in [0.2, 0.25) is 0 Å². The Morgan fingerprint density at radius 2 is 2.45 bits per heavy atom. The zero-order valence-corrected chi connectivity index (χ0v) is 6.13. The third-order valence-corrected chi connectivity index (χ3v) is 1.38. The van der Waals surface area contributed by atoms with Crippen molar-refractivity contribution in [2.24, 2.45) is 5.73 Å². The van der Waals surface area contributed by atoms with Crippen LogP contribution in [0.1, 0.15) is 16.1 Å². The minimum atomic E-state index is -1.18. The molecule has 0 radical (unpaired) electrons. The summed E-state index contributed by atoms with van der Waals surface area (Å²) in [5.41, 5.74) is 4.99. The van der Waals surface area contributed by atoms with E-state index >= 15 is 0 Å². The van der Waals surface area contributed by atoms with Crippen LogP contribution in [0.15, 0.2) is 4.52 Å². The molecule has 1 rings (SSSR count). The van der Waals surface area contributed by atoms with E-state index in [1.807, 2.05) is 0 Å². The van der Waals surface area contributed by atoms with Gasteiger partial charge < -0.3 is 15.4 Å². The van der Waals surface area contributed by atoms with Crippen LogP contribution >= 0.6 is 11.6 Å². The summed E-state index contributed by atoms with van der Waals surface area (Å²) in [5.74, 6) is -1.10. The molecule has 3 N–H and O–H groups in total. The van der Waals surface area contributed by atoms with Crippen LogP contribution in [-0.4, -0.2) is 16.2 Å². The average molecular weight is 177 g/mol. The molecule has 60 valence electrons. The van der Waals surface area contributed by atoms with Gasteiger partial charge in [-0.3, -0.25) is 0 Å². The molecule has 0 aliphatic carbocycles. The van der Waals surface area contributed by atoms with E-state index in [-0.39, 0.29) is 23.0 Å². The van der Waals surface area contributed by atoms with Gasteiger partial charge in [0.1, 0.15) is 5.56 Å². The fourth-order valence-electron chi connectivity index (χ4n) is 0.648. The molecule has 6 heteroatoms. The first-order valence-corrected chi connectivity index (χ1v) is 3.12. The van der Waals surface area contributed by atoms with Gasteiger partial charge in [0.05, 0.1) is 6.54 Å². The van der Waals surface area contributed by atoms with Crippen molar-refractivity contribution in [2.75, 3.05) is 0 Å².